The number of carbonyl (C=O) groups excluding carboxylic acids is 1. The van der Waals surface area contributed by atoms with Crippen molar-refractivity contribution in [3.8, 4) is 0 Å². The highest BCUT2D eigenvalue weighted by molar-refractivity contribution is 9.10. The van der Waals surface area contributed by atoms with Crippen LogP contribution < -0.4 is 10.9 Å². The van der Waals surface area contributed by atoms with Crippen LogP contribution in [0.4, 0.5) is 4.79 Å². The predicted molar refractivity (Wildman–Crippen MR) is 81.7 cm³/mol. The number of pyridine rings is 1. The summed E-state index contributed by atoms with van der Waals surface area (Å²) < 4.78 is 5.86. The molecule has 0 saturated carbocycles. The van der Waals surface area contributed by atoms with Crippen molar-refractivity contribution < 1.29 is 9.53 Å². The molecule has 6 heteroatoms. The minimum Gasteiger partial charge on any atom is -0.444 e. The van der Waals surface area contributed by atoms with Crippen LogP contribution in [0.5, 0.6) is 0 Å². The van der Waals surface area contributed by atoms with Crippen LogP contribution in [0.15, 0.2) is 34.1 Å². The van der Waals surface area contributed by atoms with Gasteiger partial charge in [0, 0.05) is 16.2 Å². The van der Waals surface area contributed by atoms with E-state index < -0.39 is 17.7 Å². The van der Waals surface area contributed by atoms with E-state index in [0.717, 1.165) is 0 Å². The number of halogens is 1. The molecule has 2 N–H and O–H groups in total. The van der Waals surface area contributed by atoms with E-state index in [-0.39, 0.29) is 5.56 Å². The summed E-state index contributed by atoms with van der Waals surface area (Å²) in [4.78, 5) is 26.0. The van der Waals surface area contributed by atoms with Crippen molar-refractivity contribution in [1.29, 1.82) is 0 Å². The summed E-state index contributed by atoms with van der Waals surface area (Å²) in [5.41, 5.74) is -0.224. The molecule has 1 heterocycles. The number of H-pyrrole nitrogens is 1. The van der Waals surface area contributed by atoms with Crippen molar-refractivity contribution in [2.24, 2.45) is 0 Å². The zero-order chi connectivity index (χ0) is 15.3. The second-order valence-corrected chi connectivity index (χ2v) is 6.26. The molecule has 0 bridgehead atoms. The maximum absolute atomic E-state index is 11.8. The van der Waals surface area contributed by atoms with Crippen LogP contribution in [0, 0.1) is 0 Å². The Balaban J connectivity index is 2.91. The van der Waals surface area contributed by atoms with Crippen LogP contribution in [-0.2, 0) is 4.74 Å². The Morgan fingerprint density at radius 2 is 2.20 bits per heavy atom. The summed E-state index contributed by atoms with van der Waals surface area (Å²) in [7, 11) is 0. The minimum absolute atomic E-state index is 0.241. The lowest BCUT2D eigenvalue weighted by Gasteiger charge is -2.23. The summed E-state index contributed by atoms with van der Waals surface area (Å²) in [5, 5.41) is 2.72. The van der Waals surface area contributed by atoms with Crippen LogP contribution in [0.2, 0.25) is 0 Å². The molecule has 5 nitrogen and oxygen atoms in total. The first-order chi connectivity index (χ1) is 9.21. The molecule has 110 valence electrons. The van der Waals surface area contributed by atoms with E-state index in [1.807, 2.05) is 0 Å². The Hall–Kier alpha value is -1.56. The standard InChI is InChI=1S/C14H19BrN2O3/c1-5-6-10(17-13(19)20-14(2,3)4)11-7-9(15)8-12(18)16-11/h5,7-8,10H,1,6H2,2-4H3,(H,16,18)(H,17,19)/t10-/m0/s1. The van der Waals surface area contributed by atoms with E-state index in [9.17, 15) is 9.59 Å². The molecule has 0 fully saturated rings. The third kappa shape index (κ3) is 5.61. The van der Waals surface area contributed by atoms with Gasteiger partial charge in [-0.3, -0.25) is 4.79 Å². The molecular formula is C14H19BrN2O3. The molecule has 1 rings (SSSR count). The average molecular weight is 343 g/mol. The summed E-state index contributed by atoms with van der Waals surface area (Å²) >= 11 is 3.26. The molecule has 1 amide bonds. The first-order valence-corrected chi connectivity index (χ1v) is 7.01. The first-order valence-electron chi connectivity index (χ1n) is 6.21. The molecule has 0 aliphatic carbocycles. The molecule has 0 radical (unpaired) electrons. The summed E-state index contributed by atoms with van der Waals surface area (Å²) in [6.07, 6.45) is 1.61. The van der Waals surface area contributed by atoms with E-state index >= 15 is 0 Å². The third-order valence-electron chi connectivity index (χ3n) is 2.30. The molecule has 20 heavy (non-hydrogen) atoms. The molecule has 0 aliphatic rings. The Labute approximate surface area is 126 Å². The maximum Gasteiger partial charge on any atom is 0.408 e. The van der Waals surface area contributed by atoms with Crippen LogP contribution in [0.3, 0.4) is 0 Å². The van der Waals surface area contributed by atoms with E-state index in [4.69, 9.17) is 4.74 Å². The van der Waals surface area contributed by atoms with Gasteiger partial charge in [0.05, 0.1) is 6.04 Å². The van der Waals surface area contributed by atoms with E-state index in [1.54, 1.807) is 32.9 Å². The second kappa shape index (κ2) is 6.74. The maximum atomic E-state index is 11.8. The fourth-order valence-electron chi connectivity index (χ4n) is 1.60. The average Bonchev–Trinajstić information content (AvgIpc) is 2.24. The van der Waals surface area contributed by atoms with Gasteiger partial charge in [-0.15, -0.1) is 6.58 Å². The van der Waals surface area contributed by atoms with Crippen molar-refractivity contribution in [2.75, 3.05) is 0 Å². The fourth-order valence-corrected chi connectivity index (χ4v) is 2.05. The van der Waals surface area contributed by atoms with Gasteiger partial charge in [-0.1, -0.05) is 22.0 Å². The number of carbonyl (C=O) groups is 1. The first kappa shape index (κ1) is 16.5. The molecule has 1 aromatic heterocycles. The zero-order valence-electron chi connectivity index (χ0n) is 11.8. The Morgan fingerprint density at radius 1 is 1.55 bits per heavy atom. The number of ether oxygens (including phenoxy) is 1. The monoisotopic (exact) mass is 342 g/mol. The molecule has 0 saturated heterocycles. The number of amides is 1. The molecule has 0 aromatic carbocycles. The lowest BCUT2D eigenvalue weighted by Crippen LogP contribution is -2.35. The topological polar surface area (TPSA) is 71.2 Å². The van der Waals surface area contributed by atoms with Gasteiger partial charge in [-0.25, -0.2) is 4.79 Å². The van der Waals surface area contributed by atoms with Gasteiger partial charge < -0.3 is 15.0 Å². The number of hydrogen-bond donors (Lipinski definition) is 2. The zero-order valence-corrected chi connectivity index (χ0v) is 13.4. The number of nitrogens with one attached hydrogen (secondary N) is 2. The Bertz CT molecular complexity index is 546. The highest BCUT2D eigenvalue weighted by atomic mass is 79.9. The van der Waals surface area contributed by atoms with Gasteiger partial charge in [0.15, 0.2) is 0 Å². The fraction of sp³-hybridized carbons (Fsp3) is 0.429. The van der Waals surface area contributed by atoms with Crippen molar-refractivity contribution in [3.63, 3.8) is 0 Å². The largest absolute Gasteiger partial charge is 0.444 e. The molecule has 0 unspecified atom stereocenters. The van der Waals surface area contributed by atoms with Gasteiger partial charge in [0.2, 0.25) is 5.56 Å². The number of rotatable bonds is 4. The molecule has 0 spiro atoms. The van der Waals surface area contributed by atoms with Gasteiger partial charge in [0.25, 0.3) is 0 Å². The third-order valence-corrected chi connectivity index (χ3v) is 2.76. The summed E-state index contributed by atoms with van der Waals surface area (Å²) in [6.45, 7) is 9.02. The van der Waals surface area contributed by atoms with E-state index in [2.05, 4.69) is 32.8 Å². The van der Waals surface area contributed by atoms with Crippen molar-refractivity contribution in [3.05, 3.63) is 45.3 Å². The molecule has 0 aliphatic heterocycles. The van der Waals surface area contributed by atoms with Crippen molar-refractivity contribution >= 4 is 22.0 Å². The van der Waals surface area contributed by atoms with Crippen LogP contribution in [0.1, 0.15) is 38.9 Å². The minimum atomic E-state index is -0.576. The summed E-state index contributed by atoms with van der Waals surface area (Å²) in [6, 6.07) is 2.77. The quantitative estimate of drug-likeness (QED) is 0.824. The molecule has 1 aromatic rings. The van der Waals surface area contributed by atoms with Crippen LogP contribution in [0.25, 0.3) is 0 Å². The summed E-state index contributed by atoms with van der Waals surface area (Å²) in [5.74, 6) is 0. The Morgan fingerprint density at radius 3 is 2.70 bits per heavy atom. The molecule has 1 atom stereocenters. The lowest BCUT2D eigenvalue weighted by atomic mass is 10.1. The van der Waals surface area contributed by atoms with Crippen LogP contribution >= 0.6 is 15.9 Å². The lowest BCUT2D eigenvalue weighted by molar-refractivity contribution is 0.0503. The Kier molecular flexibility index (Phi) is 5.56. The molecular weight excluding hydrogens is 324 g/mol. The van der Waals surface area contributed by atoms with Gasteiger partial charge in [-0.05, 0) is 33.3 Å². The SMILES string of the molecule is C=CC[C@H](NC(=O)OC(C)(C)C)c1cc(Br)cc(=O)[nH]1. The van der Waals surface area contributed by atoms with E-state index in [0.29, 0.717) is 16.6 Å². The number of aromatic nitrogens is 1. The highest BCUT2D eigenvalue weighted by Gasteiger charge is 2.20. The normalized spacial score (nSPS) is 12.6. The van der Waals surface area contributed by atoms with Gasteiger partial charge in [-0.2, -0.15) is 0 Å². The van der Waals surface area contributed by atoms with E-state index in [1.165, 1.54) is 6.07 Å². The van der Waals surface area contributed by atoms with Crippen molar-refractivity contribution in [2.45, 2.75) is 38.8 Å². The van der Waals surface area contributed by atoms with Crippen molar-refractivity contribution in [1.82, 2.24) is 10.3 Å². The smallest absolute Gasteiger partial charge is 0.408 e. The number of aromatic amines is 1. The van der Waals surface area contributed by atoms with Gasteiger partial charge >= 0.3 is 6.09 Å². The number of hydrogen-bond acceptors (Lipinski definition) is 3. The highest BCUT2D eigenvalue weighted by Crippen LogP contribution is 2.18. The van der Waals surface area contributed by atoms with Gasteiger partial charge in [0.1, 0.15) is 5.60 Å². The van der Waals surface area contributed by atoms with Crippen LogP contribution in [-0.4, -0.2) is 16.7 Å². The number of alkyl carbamates (subject to hydrolysis) is 1. The predicted octanol–water partition coefficient (Wildman–Crippen LogP) is 3.28. The second-order valence-electron chi connectivity index (χ2n) is 5.34.